The average molecular weight is 461 g/mol. The lowest BCUT2D eigenvalue weighted by Crippen LogP contribution is -2.27. The molecule has 0 bridgehead atoms. The van der Waals surface area contributed by atoms with Gasteiger partial charge in [-0.05, 0) is 30.7 Å². The van der Waals surface area contributed by atoms with Crippen LogP contribution >= 0.6 is 11.3 Å². The van der Waals surface area contributed by atoms with E-state index in [2.05, 4.69) is 41.2 Å². The third-order valence-corrected chi connectivity index (χ3v) is 6.85. The highest BCUT2D eigenvalue weighted by atomic mass is 32.1. The lowest BCUT2D eigenvalue weighted by molar-refractivity contribution is 0.348. The van der Waals surface area contributed by atoms with Gasteiger partial charge in [-0.2, -0.15) is 0 Å². The van der Waals surface area contributed by atoms with Gasteiger partial charge in [0.05, 0.1) is 35.0 Å². The summed E-state index contributed by atoms with van der Waals surface area (Å²) in [5.41, 5.74) is 13.9. The number of nitrogen functional groups attached to an aromatic ring is 1. The van der Waals surface area contributed by atoms with Gasteiger partial charge in [-0.3, -0.25) is 9.55 Å². The predicted molar refractivity (Wildman–Crippen MR) is 129 cm³/mol. The van der Waals surface area contributed by atoms with E-state index >= 15 is 0 Å². The van der Waals surface area contributed by atoms with Gasteiger partial charge in [0, 0.05) is 43.3 Å². The van der Waals surface area contributed by atoms with E-state index in [9.17, 15) is 0 Å². The number of fused-ring (bicyclic) bond motifs is 2. The van der Waals surface area contributed by atoms with Gasteiger partial charge in [0.2, 0.25) is 11.9 Å². The van der Waals surface area contributed by atoms with E-state index in [4.69, 9.17) is 10.7 Å². The molecule has 0 saturated carbocycles. The summed E-state index contributed by atoms with van der Waals surface area (Å²) < 4.78 is 1.95. The molecular weight excluding hydrogens is 436 g/mol. The Bertz CT molecular complexity index is 1360. The number of nitrogens with two attached hydrogens (primary N) is 1. The van der Waals surface area contributed by atoms with Crippen LogP contribution in [0.25, 0.3) is 22.2 Å². The first kappa shape index (κ1) is 20.1. The first-order valence-electron chi connectivity index (χ1n) is 11.0. The Kier molecular flexibility index (Phi) is 5.11. The number of H-pyrrole nitrogens is 1. The molecule has 1 aliphatic heterocycles. The molecule has 0 aromatic carbocycles. The third-order valence-electron chi connectivity index (χ3n) is 6.21. The molecule has 4 N–H and O–H groups in total. The van der Waals surface area contributed by atoms with Crippen molar-refractivity contribution < 1.29 is 0 Å². The SMILES string of the molecule is Nc1nc2c(C3CCN(CCNc4nc5ccncc5[nH]4)C3)ccnc2n1Cc1cscn1. The molecule has 6 heterocycles. The Morgan fingerprint density at radius 2 is 2.18 bits per heavy atom. The summed E-state index contributed by atoms with van der Waals surface area (Å²) in [6.07, 6.45) is 6.51. The second kappa shape index (κ2) is 8.41. The number of nitrogens with one attached hydrogen (secondary N) is 2. The fourth-order valence-corrected chi connectivity index (χ4v) is 5.13. The summed E-state index contributed by atoms with van der Waals surface area (Å²) in [7, 11) is 0. The van der Waals surface area contributed by atoms with E-state index in [-0.39, 0.29) is 0 Å². The number of thiazole rings is 1. The van der Waals surface area contributed by atoms with Crippen LogP contribution in [0.5, 0.6) is 0 Å². The maximum absolute atomic E-state index is 6.27. The number of aromatic nitrogens is 7. The van der Waals surface area contributed by atoms with E-state index < -0.39 is 0 Å². The number of imidazole rings is 2. The number of likely N-dealkylation sites (tertiary alicyclic amines) is 1. The van der Waals surface area contributed by atoms with Crippen molar-refractivity contribution in [2.24, 2.45) is 0 Å². The first-order valence-corrected chi connectivity index (χ1v) is 11.9. The van der Waals surface area contributed by atoms with E-state index in [0.717, 1.165) is 66.4 Å². The summed E-state index contributed by atoms with van der Waals surface area (Å²) >= 11 is 1.58. The van der Waals surface area contributed by atoms with Crippen molar-refractivity contribution in [1.29, 1.82) is 0 Å². The standard InChI is InChI=1S/C22H24N10S/c23-21-30-19-16(1-5-25-20(19)32(21)11-15-12-33-13-27-15)14-3-7-31(10-14)8-6-26-22-28-17-2-4-24-9-18(17)29-22/h1-2,4-5,9,12-14H,3,6-8,10-11H2,(H2,23,30)(H2,26,28,29). The number of nitrogens with zero attached hydrogens (tertiary/aromatic N) is 7. The number of pyridine rings is 2. The van der Waals surface area contributed by atoms with Crippen LogP contribution in [-0.2, 0) is 6.54 Å². The molecule has 1 saturated heterocycles. The van der Waals surface area contributed by atoms with Crippen LogP contribution in [0.3, 0.4) is 0 Å². The van der Waals surface area contributed by atoms with Gasteiger partial charge < -0.3 is 20.9 Å². The summed E-state index contributed by atoms with van der Waals surface area (Å²) in [5.74, 6) is 1.68. The molecule has 1 atom stereocenters. The maximum atomic E-state index is 6.27. The van der Waals surface area contributed by atoms with Crippen LogP contribution in [0, 0.1) is 0 Å². The molecule has 5 aromatic heterocycles. The summed E-state index contributed by atoms with van der Waals surface area (Å²) in [6.45, 7) is 4.39. The molecule has 10 nitrogen and oxygen atoms in total. The van der Waals surface area contributed by atoms with Crippen molar-refractivity contribution in [1.82, 2.24) is 39.4 Å². The monoisotopic (exact) mass is 460 g/mol. The van der Waals surface area contributed by atoms with E-state index in [0.29, 0.717) is 18.4 Å². The van der Waals surface area contributed by atoms with Crippen LogP contribution in [0.4, 0.5) is 11.9 Å². The molecule has 1 unspecified atom stereocenters. The van der Waals surface area contributed by atoms with Crippen molar-refractivity contribution in [2.75, 3.05) is 37.2 Å². The number of anilines is 2. The minimum Gasteiger partial charge on any atom is -0.369 e. The average Bonchev–Trinajstić information content (AvgIpc) is 3.61. The van der Waals surface area contributed by atoms with Crippen LogP contribution in [0.2, 0.25) is 0 Å². The number of rotatable bonds is 7. The van der Waals surface area contributed by atoms with Crippen molar-refractivity contribution in [3.63, 3.8) is 0 Å². The van der Waals surface area contributed by atoms with Crippen molar-refractivity contribution >= 4 is 45.4 Å². The number of hydrogen-bond donors (Lipinski definition) is 3. The lowest BCUT2D eigenvalue weighted by atomic mass is 9.98. The van der Waals surface area contributed by atoms with E-state index in [1.807, 2.05) is 27.7 Å². The zero-order valence-electron chi connectivity index (χ0n) is 18.0. The zero-order valence-corrected chi connectivity index (χ0v) is 18.8. The van der Waals surface area contributed by atoms with E-state index in [1.54, 1.807) is 23.7 Å². The Hall–Kier alpha value is -3.57. The van der Waals surface area contributed by atoms with Gasteiger partial charge in [0.25, 0.3) is 0 Å². The van der Waals surface area contributed by atoms with Crippen molar-refractivity contribution in [3.8, 4) is 0 Å². The smallest absolute Gasteiger partial charge is 0.202 e. The van der Waals surface area contributed by atoms with Gasteiger partial charge in [0.1, 0.15) is 5.52 Å². The zero-order chi connectivity index (χ0) is 22.2. The van der Waals surface area contributed by atoms with Crippen molar-refractivity contribution in [3.05, 3.63) is 52.9 Å². The lowest BCUT2D eigenvalue weighted by Gasteiger charge is -2.16. The Morgan fingerprint density at radius 1 is 1.21 bits per heavy atom. The highest BCUT2D eigenvalue weighted by Gasteiger charge is 2.27. The minimum absolute atomic E-state index is 0.412. The molecule has 168 valence electrons. The van der Waals surface area contributed by atoms with Gasteiger partial charge in [-0.25, -0.2) is 19.9 Å². The minimum atomic E-state index is 0.412. The second-order valence-electron chi connectivity index (χ2n) is 8.30. The molecule has 1 fully saturated rings. The predicted octanol–water partition coefficient (Wildman–Crippen LogP) is 2.69. The van der Waals surface area contributed by atoms with Crippen molar-refractivity contribution in [2.45, 2.75) is 18.9 Å². The molecule has 1 aliphatic rings. The molecule has 0 spiro atoms. The second-order valence-corrected chi connectivity index (χ2v) is 9.02. The Morgan fingerprint density at radius 3 is 3.06 bits per heavy atom. The van der Waals surface area contributed by atoms with Gasteiger partial charge in [0.15, 0.2) is 5.65 Å². The number of hydrogen-bond acceptors (Lipinski definition) is 9. The van der Waals surface area contributed by atoms with Crippen LogP contribution < -0.4 is 11.1 Å². The highest BCUT2D eigenvalue weighted by molar-refractivity contribution is 7.07. The van der Waals surface area contributed by atoms with Crippen LogP contribution in [0.1, 0.15) is 23.6 Å². The fourth-order valence-electron chi connectivity index (χ4n) is 4.58. The van der Waals surface area contributed by atoms with Gasteiger partial charge in [-0.15, -0.1) is 11.3 Å². The van der Waals surface area contributed by atoms with Crippen LogP contribution in [0.15, 0.2) is 41.6 Å². The first-order chi connectivity index (χ1) is 16.2. The summed E-state index contributed by atoms with van der Waals surface area (Å²) in [5, 5.41) is 5.42. The quantitative estimate of drug-likeness (QED) is 0.338. The molecule has 5 aromatic rings. The molecule has 0 aliphatic carbocycles. The summed E-state index contributed by atoms with van der Waals surface area (Å²) in [6, 6.07) is 4.00. The maximum Gasteiger partial charge on any atom is 0.202 e. The fraction of sp³-hybridized carbons (Fsp3) is 0.318. The third kappa shape index (κ3) is 3.89. The topological polar surface area (TPSA) is 126 Å². The molecule has 33 heavy (non-hydrogen) atoms. The van der Waals surface area contributed by atoms with Gasteiger partial charge in [-0.1, -0.05) is 0 Å². The van der Waals surface area contributed by atoms with Gasteiger partial charge >= 0.3 is 0 Å². The molecule has 6 rings (SSSR count). The molecular formula is C22H24N10S. The normalized spacial score (nSPS) is 16.8. The Balaban J connectivity index is 1.12. The molecule has 11 heteroatoms. The van der Waals surface area contributed by atoms with Crippen LogP contribution in [-0.4, -0.2) is 65.5 Å². The summed E-state index contributed by atoms with van der Waals surface area (Å²) in [4.78, 5) is 28.1. The molecule has 0 radical (unpaired) electrons. The Labute approximate surface area is 193 Å². The highest BCUT2D eigenvalue weighted by Crippen LogP contribution is 2.32. The molecule has 0 amide bonds. The van der Waals surface area contributed by atoms with E-state index in [1.165, 1.54) is 5.56 Å². The largest absolute Gasteiger partial charge is 0.369 e. The number of aromatic amines is 1.